The molecule has 29 heavy (non-hydrogen) atoms. The van der Waals surface area contributed by atoms with Crippen molar-refractivity contribution >= 4 is 24.2 Å². The molecule has 0 aromatic heterocycles. The fourth-order valence-electron chi connectivity index (χ4n) is 2.71. The molecule has 0 bridgehead atoms. The molecule has 0 atom stereocenters. The van der Waals surface area contributed by atoms with E-state index in [9.17, 15) is 14.7 Å². The monoisotopic (exact) mass is 396 g/mol. The Morgan fingerprint density at radius 1 is 1.17 bits per heavy atom. The predicted octanol–water partition coefficient (Wildman–Crippen LogP) is 4.03. The van der Waals surface area contributed by atoms with Crippen molar-refractivity contribution in [1.29, 1.82) is 0 Å². The molecule has 152 valence electrons. The molecule has 7 heteroatoms. The van der Waals surface area contributed by atoms with E-state index in [1.54, 1.807) is 18.2 Å². The number of carbonyl (C=O) groups is 2. The van der Waals surface area contributed by atoms with Gasteiger partial charge in [0.1, 0.15) is 11.3 Å². The zero-order valence-corrected chi connectivity index (χ0v) is 16.6. The van der Waals surface area contributed by atoms with Gasteiger partial charge in [-0.2, -0.15) is 0 Å². The van der Waals surface area contributed by atoms with E-state index in [1.807, 2.05) is 55.7 Å². The van der Waals surface area contributed by atoms with Gasteiger partial charge in [0.05, 0.1) is 7.11 Å². The van der Waals surface area contributed by atoms with Crippen LogP contribution in [0.2, 0.25) is 0 Å². The molecule has 0 fully saturated rings. The number of hydrogen-bond donors (Lipinski definition) is 3. The summed E-state index contributed by atoms with van der Waals surface area (Å²) >= 11 is 0. The number of nitrogens with one attached hydrogen (secondary N) is 1. The van der Waals surface area contributed by atoms with Crippen molar-refractivity contribution in [2.24, 2.45) is 5.84 Å². The Morgan fingerprint density at radius 3 is 2.41 bits per heavy atom. The van der Waals surface area contributed by atoms with Crippen molar-refractivity contribution in [2.75, 3.05) is 7.11 Å². The van der Waals surface area contributed by atoms with Crippen molar-refractivity contribution in [3.63, 3.8) is 0 Å². The van der Waals surface area contributed by atoms with Crippen molar-refractivity contribution in [1.82, 2.24) is 5.43 Å². The minimum atomic E-state index is -1.24. The summed E-state index contributed by atoms with van der Waals surface area (Å²) in [5.41, 5.74) is 4.38. The lowest BCUT2D eigenvalue weighted by molar-refractivity contribution is 0.0693. The third kappa shape index (κ3) is 5.70. The summed E-state index contributed by atoms with van der Waals surface area (Å²) in [5.74, 6) is 4.19. The molecule has 7 nitrogen and oxygen atoms in total. The minimum Gasteiger partial charge on any atom is -0.496 e. The van der Waals surface area contributed by atoms with Crippen LogP contribution in [0.3, 0.4) is 0 Å². The maximum atomic E-state index is 12.1. The van der Waals surface area contributed by atoms with Crippen LogP contribution in [-0.4, -0.2) is 24.3 Å². The lowest BCUT2D eigenvalue weighted by atomic mass is 9.97. The number of hydrazine groups is 1. The molecule has 0 spiro atoms. The van der Waals surface area contributed by atoms with Crippen molar-refractivity contribution < 1.29 is 24.2 Å². The minimum absolute atomic E-state index is 0.106. The molecule has 0 heterocycles. The highest BCUT2D eigenvalue weighted by molar-refractivity contribution is 5.98. The number of nitrogens with two attached hydrogens (primary N) is 1. The molecule has 0 aliphatic heterocycles. The topological polar surface area (TPSA) is 111 Å². The Bertz CT molecular complexity index is 945. The maximum Gasteiger partial charge on any atom is 0.426 e. The zero-order chi connectivity index (χ0) is 21.4. The average Bonchev–Trinajstić information content (AvgIpc) is 2.70. The van der Waals surface area contributed by atoms with E-state index >= 15 is 0 Å². The summed E-state index contributed by atoms with van der Waals surface area (Å²) in [6, 6.07) is 11.0. The second-order valence-electron chi connectivity index (χ2n) is 6.42. The molecular formula is C22H24N2O5. The number of allylic oxidation sites excluding steroid dienone is 2. The van der Waals surface area contributed by atoms with Crippen molar-refractivity contribution in [3.8, 4) is 11.5 Å². The van der Waals surface area contributed by atoms with E-state index in [2.05, 4.69) is 0 Å². The van der Waals surface area contributed by atoms with Crippen LogP contribution >= 0.6 is 0 Å². The highest BCUT2D eigenvalue weighted by Gasteiger charge is 2.25. The number of carboxylic acids is 1. The fourth-order valence-corrected chi connectivity index (χ4v) is 2.71. The van der Waals surface area contributed by atoms with E-state index in [0.29, 0.717) is 23.3 Å². The molecule has 0 saturated carbocycles. The van der Waals surface area contributed by atoms with E-state index in [4.69, 9.17) is 15.3 Å². The zero-order valence-electron chi connectivity index (χ0n) is 16.6. The Labute approximate surface area is 169 Å². The Morgan fingerprint density at radius 2 is 1.86 bits per heavy atom. The van der Waals surface area contributed by atoms with Gasteiger partial charge in [0.15, 0.2) is 5.75 Å². The first kappa shape index (κ1) is 21.7. The summed E-state index contributed by atoms with van der Waals surface area (Å²) in [6.45, 7) is 3.82. The van der Waals surface area contributed by atoms with Crippen molar-refractivity contribution in [3.05, 3.63) is 70.3 Å². The lowest BCUT2D eigenvalue weighted by Crippen LogP contribution is -2.33. The van der Waals surface area contributed by atoms with Gasteiger partial charge in [-0.3, -0.25) is 5.43 Å². The van der Waals surface area contributed by atoms with Crippen LogP contribution in [0.25, 0.3) is 12.2 Å². The summed E-state index contributed by atoms with van der Waals surface area (Å²) in [5, 5.41) is 9.86. The van der Waals surface area contributed by atoms with Gasteiger partial charge < -0.3 is 14.6 Å². The summed E-state index contributed by atoms with van der Waals surface area (Å²) < 4.78 is 10.7. The van der Waals surface area contributed by atoms with Crippen LogP contribution in [0.1, 0.15) is 40.9 Å². The molecule has 2 aromatic rings. The first-order chi connectivity index (χ1) is 13.9. The van der Waals surface area contributed by atoms with Gasteiger partial charge in [-0.25, -0.2) is 15.4 Å². The number of rotatable bonds is 7. The van der Waals surface area contributed by atoms with E-state index in [1.165, 1.54) is 7.11 Å². The first-order valence-corrected chi connectivity index (χ1v) is 8.89. The number of carbonyl (C=O) groups excluding carboxylic acids is 1. The van der Waals surface area contributed by atoms with Crippen LogP contribution in [0, 0.1) is 0 Å². The Balaban J connectivity index is 2.71. The first-order valence-electron chi connectivity index (χ1n) is 8.89. The van der Waals surface area contributed by atoms with Gasteiger partial charge in [0.2, 0.25) is 0 Å². The number of ether oxygens (including phenoxy) is 2. The van der Waals surface area contributed by atoms with Gasteiger partial charge in [-0.1, -0.05) is 54.1 Å². The lowest BCUT2D eigenvalue weighted by Gasteiger charge is -2.17. The van der Waals surface area contributed by atoms with Gasteiger partial charge in [-0.15, -0.1) is 0 Å². The molecule has 0 saturated heterocycles. The average molecular weight is 396 g/mol. The molecule has 2 aromatic carbocycles. The number of carboxylic acid groups (broad SMARTS) is 1. The molecule has 0 radical (unpaired) electrons. The van der Waals surface area contributed by atoms with Crippen LogP contribution in [0.4, 0.5) is 4.79 Å². The molecule has 0 aliphatic carbocycles. The van der Waals surface area contributed by atoms with E-state index in [0.717, 1.165) is 11.1 Å². The predicted molar refractivity (Wildman–Crippen MR) is 112 cm³/mol. The Kier molecular flexibility index (Phi) is 7.56. The largest absolute Gasteiger partial charge is 0.496 e. The summed E-state index contributed by atoms with van der Waals surface area (Å²) in [6.07, 6.45) is 4.64. The third-order valence-corrected chi connectivity index (χ3v) is 4.09. The smallest absolute Gasteiger partial charge is 0.426 e. The van der Waals surface area contributed by atoms with Crippen LogP contribution in [-0.2, 0) is 6.42 Å². The van der Waals surface area contributed by atoms with E-state index in [-0.39, 0.29) is 11.3 Å². The fraction of sp³-hybridized carbons (Fsp3) is 0.182. The van der Waals surface area contributed by atoms with Crippen LogP contribution in [0.5, 0.6) is 11.5 Å². The van der Waals surface area contributed by atoms with Crippen molar-refractivity contribution in [2.45, 2.75) is 20.3 Å². The number of hydrogen-bond acceptors (Lipinski definition) is 5. The van der Waals surface area contributed by atoms with Crippen LogP contribution < -0.4 is 20.7 Å². The van der Waals surface area contributed by atoms with Gasteiger partial charge in [0, 0.05) is 5.56 Å². The van der Waals surface area contributed by atoms with Crippen LogP contribution in [0.15, 0.2) is 48.0 Å². The summed E-state index contributed by atoms with van der Waals surface area (Å²) in [7, 11) is 1.47. The highest BCUT2D eigenvalue weighted by Crippen LogP contribution is 2.37. The second kappa shape index (κ2) is 10.1. The molecular weight excluding hydrogens is 372 g/mol. The number of benzene rings is 2. The maximum absolute atomic E-state index is 12.1. The molecule has 2 rings (SSSR count). The third-order valence-electron chi connectivity index (χ3n) is 4.09. The molecule has 0 unspecified atom stereocenters. The molecule has 0 aliphatic rings. The van der Waals surface area contributed by atoms with E-state index < -0.39 is 12.1 Å². The molecule has 1 amide bonds. The quantitative estimate of drug-likeness (QED) is 0.214. The Hall–Kier alpha value is -3.58. The number of methoxy groups -OCH3 is 1. The normalized spacial score (nSPS) is 10.5. The number of amides is 1. The number of aromatic carboxylic acids is 1. The summed E-state index contributed by atoms with van der Waals surface area (Å²) in [4.78, 5) is 23.9. The van der Waals surface area contributed by atoms with Gasteiger partial charge in [0.25, 0.3) is 0 Å². The van der Waals surface area contributed by atoms with Gasteiger partial charge >= 0.3 is 12.1 Å². The molecule has 4 N–H and O–H groups in total. The standard InChI is InChI=1S/C22H24N2O5/c1-14(2)9-12-17-18(28-3)13-16(11-10-15-7-5-4-6-8-15)19(21(25)26)20(17)29-22(27)24-23/h4-11,13H,12,23H2,1-3H3,(H,24,27)(H,25,26)/b11-10+. The highest BCUT2D eigenvalue weighted by atomic mass is 16.6. The van der Waals surface area contributed by atoms with Gasteiger partial charge in [-0.05, 0) is 37.5 Å². The SMILES string of the molecule is COc1cc(/C=C/c2ccccc2)c(C(=O)O)c(OC(=O)NN)c1CC=C(C)C. The second-order valence-corrected chi connectivity index (χ2v) is 6.42.